The zero-order valence-corrected chi connectivity index (χ0v) is 15.8. The van der Waals surface area contributed by atoms with E-state index in [9.17, 15) is 5.26 Å². The third-order valence-electron chi connectivity index (χ3n) is 4.16. The van der Waals surface area contributed by atoms with Crippen LogP contribution >= 0.6 is 23.5 Å². The number of nitrogens with zero attached hydrogens (tertiary/aromatic N) is 4. The molecule has 4 nitrogen and oxygen atoms in total. The van der Waals surface area contributed by atoms with Gasteiger partial charge in [-0.2, -0.15) is 10.4 Å². The van der Waals surface area contributed by atoms with Crippen molar-refractivity contribution in [1.82, 2.24) is 9.78 Å². The molecule has 0 saturated carbocycles. The second kappa shape index (κ2) is 7.40. The molecule has 4 rings (SSSR count). The Morgan fingerprint density at radius 1 is 1.15 bits per heavy atom. The average molecular weight is 377 g/mol. The molecule has 6 heteroatoms. The maximum atomic E-state index is 9.58. The molecule has 2 heterocycles. The predicted octanol–water partition coefficient (Wildman–Crippen LogP) is 5.22. The summed E-state index contributed by atoms with van der Waals surface area (Å²) in [4.78, 5) is 4.76. The molecule has 1 aromatic heterocycles. The number of nitriles is 1. The summed E-state index contributed by atoms with van der Waals surface area (Å²) in [6.07, 6.45) is 0. The number of fused-ring (bicyclic) bond motifs is 1. The molecule has 0 bridgehead atoms. The van der Waals surface area contributed by atoms with Gasteiger partial charge >= 0.3 is 0 Å². The van der Waals surface area contributed by atoms with Crippen molar-refractivity contribution in [2.75, 3.05) is 0 Å². The van der Waals surface area contributed by atoms with Crippen LogP contribution in [0.2, 0.25) is 0 Å². The van der Waals surface area contributed by atoms with Crippen LogP contribution in [0.4, 0.5) is 5.69 Å². The number of para-hydroxylation sites is 2. The summed E-state index contributed by atoms with van der Waals surface area (Å²) < 4.78 is 2.91. The van der Waals surface area contributed by atoms with Crippen molar-refractivity contribution in [3.63, 3.8) is 0 Å². The van der Waals surface area contributed by atoms with Gasteiger partial charge in [-0.3, -0.25) is 0 Å². The molecule has 0 unspecified atom stereocenters. The van der Waals surface area contributed by atoms with Crippen LogP contribution < -0.4 is 0 Å². The monoisotopic (exact) mass is 376 g/mol. The van der Waals surface area contributed by atoms with Crippen molar-refractivity contribution < 1.29 is 0 Å². The van der Waals surface area contributed by atoms with Crippen molar-refractivity contribution in [3.05, 3.63) is 77.1 Å². The van der Waals surface area contributed by atoms with E-state index in [-0.39, 0.29) is 0 Å². The molecule has 128 valence electrons. The molecule has 0 saturated heterocycles. The molecule has 0 fully saturated rings. The van der Waals surface area contributed by atoms with Crippen LogP contribution in [-0.2, 0) is 11.5 Å². The lowest BCUT2D eigenvalue weighted by molar-refractivity contribution is 0.829. The Hall–Kier alpha value is -2.49. The molecule has 1 aliphatic rings. The zero-order chi connectivity index (χ0) is 17.9. The van der Waals surface area contributed by atoms with E-state index in [0.29, 0.717) is 11.3 Å². The normalized spacial score (nSPS) is 13.0. The molecular weight excluding hydrogens is 360 g/mol. The Bertz CT molecular complexity index is 1020. The molecule has 26 heavy (non-hydrogen) atoms. The summed E-state index contributed by atoms with van der Waals surface area (Å²) in [6.45, 7) is 1.88. The molecule has 3 aromatic rings. The summed E-state index contributed by atoms with van der Waals surface area (Å²) in [5.74, 6) is 1.59. The highest BCUT2D eigenvalue weighted by atomic mass is 32.2. The van der Waals surface area contributed by atoms with Gasteiger partial charge in [-0.15, -0.1) is 0 Å². The van der Waals surface area contributed by atoms with Gasteiger partial charge in [0, 0.05) is 11.5 Å². The first-order valence-electron chi connectivity index (χ1n) is 8.22. The molecule has 0 N–H and O–H groups in total. The van der Waals surface area contributed by atoms with Gasteiger partial charge in [0.15, 0.2) is 0 Å². The van der Waals surface area contributed by atoms with Crippen LogP contribution in [0.5, 0.6) is 0 Å². The Balaban J connectivity index is 1.63. The van der Waals surface area contributed by atoms with Gasteiger partial charge in [0.2, 0.25) is 0 Å². The highest BCUT2D eigenvalue weighted by Gasteiger charge is 2.19. The average Bonchev–Trinajstić information content (AvgIpc) is 3.02. The van der Waals surface area contributed by atoms with Gasteiger partial charge in [-0.05, 0) is 30.7 Å². The van der Waals surface area contributed by atoms with E-state index in [4.69, 9.17) is 4.99 Å². The number of hydrogen-bond donors (Lipinski definition) is 0. The van der Waals surface area contributed by atoms with Crippen LogP contribution in [0.25, 0.3) is 5.69 Å². The smallest absolute Gasteiger partial charge is 0.131 e. The third kappa shape index (κ3) is 3.28. The van der Waals surface area contributed by atoms with Gasteiger partial charge in [0.1, 0.15) is 10.4 Å². The van der Waals surface area contributed by atoms with Crippen molar-refractivity contribution in [1.29, 1.82) is 5.26 Å². The minimum atomic E-state index is 0.656. The molecule has 0 amide bonds. The third-order valence-corrected chi connectivity index (χ3v) is 6.41. The van der Waals surface area contributed by atoms with Crippen LogP contribution in [0.1, 0.15) is 22.5 Å². The van der Waals surface area contributed by atoms with E-state index < -0.39 is 0 Å². The van der Waals surface area contributed by atoms with Crippen molar-refractivity contribution in [2.24, 2.45) is 4.99 Å². The minimum Gasteiger partial charge on any atom is -0.235 e. The molecule has 0 spiro atoms. The summed E-state index contributed by atoms with van der Waals surface area (Å²) in [7, 11) is 0. The number of aromatic nitrogens is 2. The Morgan fingerprint density at radius 3 is 2.73 bits per heavy atom. The van der Waals surface area contributed by atoms with E-state index in [2.05, 4.69) is 23.3 Å². The van der Waals surface area contributed by atoms with Crippen LogP contribution in [-0.4, -0.2) is 14.2 Å². The summed E-state index contributed by atoms with van der Waals surface area (Å²) >= 11 is 3.41. The lowest BCUT2D eigenvalue weighted by Gasteiger charge is -2.14. The first-order chi connectivity index (χ1) is 12.8. The molecular formula is C20H16N4S2. The van der Waals surface area contributed by atoms with Crippen molar-refractivity contribution in [3.8, 4) is 11.8 Å². The van der Waals surface area contributed by atoms with E-state index in [1.165, 1.54) is 5.56 Å². The molecule has 2 aromatic carbocycles. The quantitative estimate of drug-likeness (QED) is 0.629. The van der Waals surface area contributed by atoms with Gasteiger partial charge < -0.3 is 0 Å². The highest BCUT2D eigenvalue weighted by Crippen LogP contribution is 2.36. The Morgan fingerprint density at radius 2 is 1.92 bits per heavy atom. The fourth-order valence-electron chi connectivity index (χ4n) is 2.85. The van der Waals surface area contributed by atoms with Gasteiger partial charge in [-0.25, -0.2) is 9.67 Å². The number of rotatable bonds is 3. The van der Waals surface area contributed by atoms with Gasteiger partial charge in [-0.1, -0.05) is 59.9 Å². The lowest BCUT2D eigenvalue weighted by atomic mass is 10.2. The Labute approximate surface area is 161 Å². The van der Waals surface area contributed by atoms with Gasteiger partial charge in [0.25, 0.3) is 0 Å². The van der Waals surface area contributed by atoms with Gasteiger partial charge in [0.05, 0.1) is 28.3 Å². The summed E-state index contributed by atoms with van der Waals surface area (Å²) in [5.41, 5.74) is 5.62. The van der Waals surface area contributed by atoms with E-state index in [1.807, 2.05) is 54.1 Å². The second-order valence-corrected chi connectivity index (χ2v) is 8.04. The van der Waals surface area contributed by atoms with Crippen LogP contribution in [0, 0.1) is 18.3 Å². The van der Waals surface area contributed by atoms with Crippen LogP contribution in [0.15, 0.2) is 59.6 Å². The van der Waals surface area contributed by atoms with Crippen LogP contribution in [0.3, 0.4) is 0 Å². The first-order valence-corrected chi connectivity index (χ1v) is 10.2. The van der Waals surface area contributed by atoms with E-state index >= 15 is 0 Å². The molecule has 1 aliphatic heterocycles. The van der Waals surface area contributed by atoms with Crippen molar-refractivity contribution >= 4 is 33.6 Å². The second-order valence-electron chi connectivity index (χ2n) is 5.85. The topological polar surface area (TPSA) is 54.0 Å². The molecule has 0 atom stereocenters. The number of aryl methyl sites for hydroxylation is 1. The standard InChI is InChI=1S/C20H16N4S2/c1-14-17(11-21)19(24(23-14)16-8-3-2-4-9-16)13-26-20-22-18-10-6-5-7-15(18)12-25-20/h2-10H,12-13H2,1H3. The lowest BCUT2D eigenvalue weighted by Crippen LogP contribution is -2.03. The number of aliphatic imine (C=N–C) groups is 1. The van der Waals surface area contributed by atoms with Crippen molar-refractivity contribution in [2.45, 2.75) is 18.4 Å². The molecule has 0 aliphatic carbocycles. The SMILES string of the molecule is Cc1nn(-c2ccccc2)c(CSC2=Nc3ccccc3CS2)c1C#N. The summed E-state index contributed by atoms with van der Waals surface area (Å²) in [6, 6.07) is 20.5. The number of thioether (sulfide) groups is 2. The highest BCUT2D eigenvalue weighted by molar-refractivity contribution is 8.38. The Kier molecular flexibility index (Phi) is 4.83. The predicted molar refractivity (Wildman–Crippen MR) is 109 cm³/mol. The summed E-state index contributed by atoms with van der Waals surface area (Å²) in [5, 5.41) is 14.2. The molecule has 0 radical (unpaired) electrons. The first kappa shape index (κ1) is 17.0. The maximum absolute atomic E-state index is 9.58. The number of hydrogen-bond acceptors (Lipinski definition) is 5. The minimum absolute atomic E-state index is 0.656. The fourth-order valence-corrected chi connectivity index (χ4v) is 4.92. The largest absolute Gasteiger partial charge is 0.235 e. The van der Waals surface area contributed by atoms with E-state index in [1.54, 1.807) is 23.5 Å². The fraction of sp³-hybridized carbons (Fsp3) is 0.150. The van der Waals surface area contributed by atoms with E-state index in [0.717, 1.165) is 32.9 Å². The number of benzene rings is 2. The zero-order valence-electron chi connectivity index (χ0n) is 14.2. The maximum Gasteiger partial charge on any atom is 0.131 e.